The van der Waals surface area contributed by atoms with Crippen molar-refractivity contribution in [3.63, 3.8) is 0 Å². The fraction of sp³-hybridized carbons (Fsp3) is 0.120. The van der Waals surface area contributed by atoms with Gasteiger partial charge in [-0.3, -0.25) is 13.9 Å². The largest absolute Gasteiger partial charge is 0.416 e. The van der Waals surface area contributed by atoms with Crippen LogP contribution in [-0.4, -0.2) is 26.7 Å². The standard InChI is InChI=1S/C25H20ClF3N2O4S/c1-3-12-31(21-9-5-7-19(15-21)25(27,28)29)36(34,35)23-14-18(10-11-22(23)26)24(33)30-20-8-4-6-17(13-20)16(2)32/h3-11,13-15H,1,12H2,2H3,(H,30,33). The van der Waals surface area contributed by atoms with Gasteiger partial charge in [-0.2, -0.15) is 13.2 Å². The molecule has 11 heteroatoms. The number of sulfonamides is 1. The molecule has 0 heterocycles. The highest BCUT2D eigenvalue weighted by Crippen LogP contribution is 2.34. The fourth-order valence-electron chi connectivity index (χ4n) is 3.28. The number of carbonyl (C=O) groups is 2. The zero-order chi connectivity index (χ0) is 26.7. The lowest BCUT2D eigenvalue weighted by Gasteiger charge is -2.24. The van der Waals surface area contributed by atoms with E-state index in [1.165, 1.54) is 37.3 Å². The Morgan fingerprint density at radius 1 is 1.03 bits per heavy atom. The monoisotopic (exact) mass is 536 g/mol. The molecule has 0 aliphatic rings. The minimum absolute atomic E-state index is 0.0752. The van der Waals surface area contributed by atoms with Gasteiger partial charge in [-0.25, -0.2) is 8.42 Å². The van der Waals surface area contributed by atoms with Gasteiger partial charge in [0.1, 0.15) is 4.90 Å². The van der Waals surface area contributed by atoms with Crippen molar-refractivity contribution in [3.05, 3.63) is 101 Å². The van der Waals surface area contributed by atoms with Crippen molar-refractivity contribution in [3.8, 4) is 0 Å². The summed E-state index contributed by atoms with van der Waals surface area (Å²) < 4.78 is 67.4. The van der Waals surface area contributed by atoms with Crippen LogP contribution in [0.3, 0.4) is 0 Å². The quantitative estimate of drug-likeness (QED) is 0.275. The van der Waals surface area contributed by atoms with Gasteiger partial charge in [0, 0.05) is 16.8 Å². The molecule has 0 bridgehead atoms. The highest BCUT2D eigenvalue weighted by Gasteiger charge is 2.33. The Kier molecular flexibility index (Phi) is 7.90. The normalized spacial score (nSPS) is 11.6. The molecule has 3 rings (SSSR count). The molecule has 3 aromatic carbocycles. The van der Waals surface area contributed by atoms with Crippen LogP contribution < -0.4 is 9.62 Å². The van der Waals surface area contributed by atoms with E-state index in [2.05, 4.69) is 11.9 Å². The Hall–Kier alpha value is -3.63. The molecule has 0 radical (unpaired) electrons. The first-order valence-electron chi connectivity index (χ1n) is 10.4. The number of hydrogen-bond acceptors (Lipinski definition) is 4. The second kappa shape index (κ2) is 10.5. The van der Waals surface area contributed by atoms with Crippen LogP contribution in [0.2, 0.25) is 5.02 Å². The smallest absolute Gasteiger partial charge is 0.322 e. The number of nitrogens with zero attached hydrogens (tertiary/aromatic N) is 1. The van der Waals surface area contributed by atoms with E-state index in [0.29, 0.717) is 21.6 Å². The number of Topliss-reactive ketones (excluding diaryl/α,β-unsaturated/α-hetero) is 1. The van der Waals surface area contributed by atoms with Crippen LogP contribution in [0.15, 0.2) is 84.3 Å². The lowest BCUT2D eigenvalue weighted by Crippen LogP contribution is -2.32. The van der Waals surface area contributed by atoms with E-state index < -0.39 is 32.6 Å². The maximum Gasteiger partial charge on any atom is 0.416 e. The van der Waals surface area contributed by atoms with Crippen LogP contribution in [0, 0.1) is 0 Å². The maximum atomic E-state index is 13.5. The molecule has 1 N–H and O–H groups in total. The minimum atomic E-state index is -4.69. The van der Waals surface area contributed by atoms with E-state index in [0.717, 1.165) is 18.2 Å². The topological polar surface area (TPSA) is 83.6 Å². The highest BCUT2D eigenvalue weighted by molar-refractivity contribution is 7.93. The van der Waals surface area contributed by atoms with Gasteiger partial charge in [0.2, 0.25) is 0 Å². The fourth-order valence-corrected chi connectivity index (χ4v) is 5.21. The van der Waals surface area contributed by atoms with E-state index in [-0.39, 0.29) is 28.6 Å². The number of rotatable bonds is 8. The number of alkyl halides is 3. The first-order valence-corrected chi connectivity index (χ1v) is 12.2. The van der Waals surface area contributed by atoms with Crippen molar-refractivity contribution < 1.29 is 31.2 Å². The Morgan fingerprint density at radius 2 is 1.72 bits per heavy atom. The molecule has 3 aromatic rings. The number of halogens is 4. The number of benzene rings is 3. The van der Waals surface area contributed by atoms with Crippen molar-refractivity contribution in [1.29, 1.82) is 0 Å². The van der Waals surface area contributed by atoms with Gasteiger partial charge in [-0.05, 0) is 55.5 Å². The lowest BCUT2D eigenvalue weighted by molar-refractivity contribution is -0.137. The van der Waals surface area contributed by atoms with Crippen LogP contribution in [0.1, 0.15) is 33.2 Å². The van der Waals surface area contributed by atoms with Gasteiger partial charge in [-0.1, -0.05) is 35.9 Å². The Bertz CT molecular complexity index is 1440. The van der Waals surface area contributed by atoms with E-state index in [1.807, 2.05) is 0 Å². The summed E-state index contributed by atoms with van der Waals surface area (Å²) in [6, 6.07) is 13.5. The van der Waals surface area contributed by atoms with Crippen LogP contribution >= 0.6 is 11.6 Å². The third-order valence-corrected chi connectivity index (χ3v) is 7.32. The Labute approximate surface area is 211 Å². The summed E-state index contributed by atoms with van der Waals surface area (Å²) >= 11 is 6.16. The predicted octanol–water partition coefficient (Wildman–Crippen LogP) is 6.20. The molecule has 0 saturated carbocycles. The highest BCUT2D eigenvalue weighted by atomic mass is 35.5. The molecule has 0 spiro atoms. The van der Waals surface area contributed by atoms with Crippen LogP contribution in [0.25, 0.3) is 0 Å². The third kappa shape index (κ3) is 5.95. The van der Waals surface area contributed by atoms with Crippen molar-refractivity contribution in [2.24, 2.45) is 0 Å². The summed E-state index contributed by atoms with van der Waals surface area (Å²) in [5, 5.41) is 2.35. The molecule has 0 aromatic heterocycles. The molecule has 1 amide bonds. The molecule has 0 fully saturated rings. The van der Waals surface area contributed by atoms with Gasteiger partial charge >= 0.3 is 6.18 Å². The zero-order valence-electron chi connectivity index (χ0n) is 18.8. The maximum absolute atomic E-state index is 13.5. The number of anilines is 2. The number of hydrogen-bond donors (Lipinski definition) is 1. The summed E-state index contributed by atoms with van der Waals surface area (Å²) in [5.74, 6) is -0.888. The SMILES string of the molecule is C=CCN(c1cccc(C(F)(F)F)c1)S(=O)(=O)c1cc(C(=O)Nc2cccc(C(C)=O)c2)ccc1Cl. The van der Waals surface area contributed by atoms with Gasteiger partial charge < -0.3 is 5.32 Å². The lowest BCUT2D eigenvalue weighted by atomic mass is 10.1. The first-order chi connectivity index (χ1) is 16.8. The average Bonchev–Trinajstić information content (AvgIpc) is 2.82. The average molecular weight is 537 g/mol. The molecule has 0 unspecified atom stereocenters. The molecule has 0 aliphatic heterocycles. The van der Waals surface area contributed by atoms with Gasteiger partial charge in [0.25, 0.3) is 15.9 Å². The summed E-state index contributed by atoms with van der Waals surface area (Å²) in [4.78, 5) is 23.9. The third-order valence-electron chi connectivity index (χ3n) is 5.04. The van der Waals surface area contributed by atoms with E-state index >= 15 is 0 Å². The van der Waals surface area contributed by atoms with Crippen molar-refractivity contribution in [2.45, 2.75) is 18.0 Å². The zero-order valence-corrected chi connectivity index (χ0v) is 20.4. The molecule has 0 aliphatic carbocycles. The summed E-state index contributed by atoms with van der Waals surface area (Å²) in [7, 11) is -4.52. The molecular formula is C25H20ClF3N2O4S. The van der Waals surface area contributed by atoms with Crippen LogP contribution in [0.4, 0.5) is 24.5 Å². The van der Waals surface area contributed by atoms with Crippen molar-refractivity contribution >= 4 is 44.7 Å². The minimum Gasteiger partial charge on any atom is -0.322 e. The first kappa shape index (κ1) is 27.0. The molecule has 0 atom stereocenters. The Balaban J connectivity index is 2.01. The van der Waals surface area contributed by atoms with Gasteiger partial charge in [0.05, 0.1) is 22.8 Å². The number of amides is 1. The Morgan fingerprint density at radius 3 is 2.36 bits per heavy atom. The van der Waals surface area contributed by atoms with Crippen molar-refractivity contribution in [1.82, 2.24) is 0 Å². The van der Waals surface area contributed by atoms with Crippen LogP contribution in [0.5, 0.6) is 0 Å². The molecular weight excluding hydrogens is 517 g/mol. The second-order valence-corrected chi connectivity index (χ2v) is 9.85. The summed E-state index contributed by atoms with van der Waals surface area (Å²) in [5.41, 5.74) is -0.681. The van der Waals surface area contributed by atoms with Gasteiger partial charge in [-0.15, -0.1) is 6.58 Å². The number of nitrogens with one attached hydrogen (secondary N) is 1. The van der Waals surface area contributed by atoms with Crippen LogP contribution in [-0.2, 0) is 16.2 Å². The molecule has 188 valence electrons. The predicted molar refractivity (Wildman–Crippen MR) is 132 cm³/mol. The number of carbonyl (C=O) groups excluding carboxylic acids is 2. The summed E-state index contributed by atoms with van der Waals surface area (Å²) in [6.07, 6.45) is -3.47. The number of ketones is 1. The van der Waals surface area contributed by atoms with Gasteiger partial charge in [0.15, 0.2) is 5.78 Å². The van der Waals surface area contributed by atoms with E-state index in [1.54, 1.807) is 18.2 Å². The second-order valence-electron chi connectivity index (χ2n) is 7.61. The van der Waals surface area contributed by atoms with E-state index in [9.17, 15) is 31.2 Å². The summed E-state index contributed by atoms with van der Waals surface area (Å²) in [6.45, 7) is 4.51. The molecule has 0 saturated heterocycles. The molecule has 6 nitrogen and oxygen atoms in total. The molecule has 36 heavy (non-hydrogen) atoms. The van der Waals surface area contributed by atoms with Crippen molar-refractivity contribution in [2.75, 3.05) is 16.2 Å². The van der Waals surface area contributed by atoms with E-state index in [4.69, 9.17) is 11.6 Å².